The Morgan fingerprint density at radius 2 is 2.17 bits per heavy atom. The summed E-state index contributed by atoms with van der Waals surface area (Å²) in [5.41, 5.74) is 2.28. The zero-order valence-electron chi connectivity index (χ0n) is 7.70. The maximum Gasteiger partial charge on any atom is 0.425 e. The van der Waals surface area contributed by atoms with Gasteiger partial charge in [0.15, 0.2) is 0 Å². The van der Waals surface area contributed by atoms with Crippen molar-refractivity contribution < 1.29 is 9.53 Å². The second-order valence-corrected chi connectivity index (χ2v) is 2.29. The predicted octanol–water partition coefficient (Wildman–Crippen LogP) is -0.310. The van der Waals surface area contributed by atoms with E-state index in [-0.39, 0.29) is 0 Å². The Morgan fingerprint density at radius 1 is 1.58 bits per heavy atom. The molecule has 0 aromatic rings. The van der Waals surface area contributed by atoms with E-state index in [0.717, 1.165) is 6.42 Å². The van der Waals surface area contributed by atoms with E-state index in [1.807, 2.05) is 6.92 Å². The smallest absolute Gasteiger partial charge is 0.425 e. The van der Waals surface area contributed by atoms with Gasteiger partial charge >= 0.3 is 6.09 Å². The van der Waals surface area contributed by atoms with Gasteiger partial charge < -0.3 is 4.74 Å². The number of ether oxygens (including phenoxy) is 1. The molecule has 0 aromatic carbocycles. The molecule has 0 aliphatic heterocycles. The minimum atomic E-state index is -0.433. The summed E-state index contributed by atoms with van der Waals surface area (Å²) in [5, 5.41) is 2.55. The van der Waals surface area contributed by atoms with Crippen LogP contribution in [-0.2, 0) is 4.74 Å². The van der Waals surface area contributed by atoms with Gasteiger partial charge in [-0.1, -0.05) is 6.92 Å². The van der Waals surface area contributed by atoms with Crippen LogP contribution in [0.5, 0.6) is 0 Å². The second kappa shape index (κ2) is 5.76. The van der Waals surface area contributed by atoms with E-state index in [4.69, 9.17) is 10.6 Å². The van der Waals surface area contributed by atoms with Crippen molar-refractivity contribution in [2.75, 3.05) is 20.7 Å². The lowest BCUT2D eigenvalue weighted by Gasteiger charge is -2.25. The molecule has 12 heavy (non-hydrogen) atoms. The van der Waals surface area contributed by atoms with Gasteiger partial charge in [0.1, 0.15) is 0 Å². The van der Waals surface area contributed by atoms with Gasteiger partial charge in [-0.2, -0.15) is 5.53 Å². The van der Waals surface area contributed by atoms with E-state index < -0.39 is 6.09 Å². The summed E-state index contributed by atoms with van der Waals surface area (Å²) in [4.78, 5) is 11.1. The molecule has 0 aliphatic rings. The molecule has 0 fully saturated rings. The lowest BCUT2D eigenvalue weighted by molar-refractivity contribution is -0.0215. The third-order valence-electron chi connectivity index (χ3n) is 1.33. The Balaban J connectivity index is 3.75. The van der Waals surface area contributed by atoms with Crippen molar-refractivity contribution in [1.29, 1.82) is 0 Å². The molecule has 0 heterocycles. The first-order chi connectivity index (χ1) is 5.63. The zero-order chi connectivity index (χ0) is 9.56. The zero-order valence-corrected chi connectivity index (χ0v) is 7.70. The molecule has 72 valence electrons. The minimum absolute atomic E-state index is 0.418. The van der Waals surface area contributed by atoms with Gasteiger partial charge in [0.2, 0.25) is 0 Å². The van der Waals surface area contributed by atoms with E-state index in [2.05, 4.69) is 5.53 Å². The van der Waals surface area contributed by atoms with Crippen LogP contribution < -0.4 is 11.4 Å². The lowest BCUT2D eigenvalue weighted by Crippen LogP contribution is -2.52. The largest absolute Gasteiger partial charge is 0.448 e. The standard InChI is InChI=1S/C6H16N4O2/c1-4-5-12-6(11)9(2)10(3)8-7/h8H,4-5,7H2,1-3H3. The summed E-state index contributed by atoms with van der Waals surface area (Å²) in [6, 6.07) is 0. The van der Waals surface area contributed by atoms with Crippen LogP contribution in [0.1, 0.15) is 13.3 Å². The average molecular weight is 176 g/mol. The number of carbonyl (C=O) groups is 1. The molecular formula is C6H16N4O2. The van der Waals surface area contributed by atoms with Crippen LogP contribution in [-0.4, -0.2) is 36.9 Å². The first-order valence-corrected chi connectivity index (χ1v) is 3.73. The second-order valence-electron chi connectivity index (χ2n) is 2.29. The number of nitrogens with one attached hydrogen (secondary N) is 1. The molecule has 3 N–H and O–H groups in total. The molecule has 6 heteroatoms. The van der Waals surface area contributed by atoms with Crippen LogP contribution in [0.25, 0.3) is 0 Å². The summed E-state index contributed by atoms with van der Waals surface area (Å²) in [6.45, 7) is 2.35. The van der Waals surface area contributed by atoms with Gasteiger partial charge in [0.25, 0.3) is 0 Å². The van der Waals surface area contributed by atoms with Crippen molar-refractivity contribution in [2.24, 2.45) is 5.84 Å². The Bertz CT molecular complexity index is 142. The summed E-state index contributed by atoms with van der Waals surface area (Å²) in [5.74, 6) is 5.07. The summed E-state index contributed by atoms with van der Waals surface area (Å²) < 4.78 is 4.83. The SMILES string of the molecule is CCCOC(=O)N(C)N(C)NN. The normalized spacial score (nSPS) is 10.1. The lowest BCUT2D eigenvalue weighted by atomic mass is 10.5. The number of rotatable bonds is 4. The highest BCUT2D eigenvalue weighted by Gasteiger charge is 2.12. The number of amides is 1. The quantitative estimate of drug-likeness (QED) is 0.454. The molecule has 0 unspecified atom stereocenters. The van der Waals surface area contributed by atoms with Crippen molar-refractivity contribution in [1.82, 2.24) is 15.7 Å². The monoisotopic (exact) mass is 176 g/mol. The van der Waals surface area contributed by atoms with E-state index in [1.54, 1.807) is 14.1 Å². The molecule has 0 rings (SSSR count). The summed E-state index contributed by atoms with van der Waals surface area (Å²) in [7, 11) is 3.16. The number of nitrogens with two attached hydrogens (primary N) is 1. The van der Waals surface area contributed by atoms with Crippen molar-refractivity contribution in [2.45, 2.75) is 13.3 Å². The van der Waals surface area contributed by atoms with Gasteiger partial charge in [0.05, 0.1) is 6.61 Å². The first kappa shape index (κ1) is 11.2. The Kier molecular flexibility index (Phi) is 5.35. The van der Waals surface area contributed by atoms with Gasteiger partial charge in [0, 0.05) is 14.1 Å². The van der Waals surface area contributed by atoms with Crippen LogP contribution in [0.2, 0.25) is 0 Å². The molecule has 6 nitrogen and oxygen atoms in total. The van der Waals surface area contributed by atoms with Gasteiger partial charge in [-0.05, 0) is 6.42 Å². The van der Waals surface area contributed by atoms with E-state index in [9.17, 15) is 4.79 Å². The predicted molar refractivity (Wildman–Crippen MR) is 44.5 cm³/mol. The fraction of sp³-hybridized carbons (Fsp3) is 0.833. The van der Waals surface area contributed by atoms with E-state index >= 15 is 0 Å². The van der Waals surface area contributed by atoms with Crippen molar-refractivity contribution in [3.63, 3.8) is 0 Å². The van der Waals surface area contributed by atoms with Gasteiger partial charge in [-0.25, -0.2) is 9.80 Å². The fourth-order valence-corrected chi connectivity index (χ4v) is 0.492. The number of hydrazine groups is 3. The van der Waals surface area contributed by atoms with Crippen LogP contribution in [0, 0.1) is 0 Å². The molecule has 0 aromatic heterocycles. The van der Waals surface area contributed by atoms with E-state index in [0.29, 0.717) is 6.61 Å². The highest BCUT2D eigenvalue weighted by atomic mass is 16.6. The maximum absolute atomic E-state index is 11.1. The molecule has 0 radical (unpaired) electrons. The average Bonchev–Trinajstić information content (AvgIpc) is 2.11. The number of hydrogen-bond donors (Lipinski definition) is 2. The van der Waals surface area contributed by atoms with Crippen LogP contribution in [0.15, 0.2) is 0 Å². The minimum Gasteiger partial charge on any atom is -0.448 e. The van der Waals surface area contributed by atoms with Crippen LogP contribution >= 0.6 is 0 Å². The Morgan fingerprint density at radius 3 is 2.58 bits per heavy atom. The van der Waals surface area contributed by atoms with Gasteiger partial charge in [-0.15, -0.1) is 5.12 Å². The molecule has 0 saturated carbocycles. The molecule has 1 amide bonds. The molecular weight excluding hydrogens is 160 g/mol. The maximum atomic E-state index is 11.1. The van der Waals surface area contributed by atoms with Crippen LogP contribution in [0.3, 0.4) is 0 Å². The fourth-order valence-electron chi connectivity index (χ4n) is 0.492. The molecule has 0 atom stereocenters. The van der Waals surface area contributed by atoms with Crippen molar-refractivity contribution >= 4 is 6.09 Å². The molecule has 0 aliphatic carbocycles. The highest BCUT2D eigenvalue weighted by molar-refractivity contribution is 5.66. The molecule has 0 saturated heterocycles. The topological polar surface area (TPSA) is 70.8 Å². The third kappa shape index (κ3) is 3.51. The highest BCUT2D eigenvalue weighted by Crippen LogP contribution is 1.92. The number of carbonyl (C=O) groups excluding carboxylic acids is 1. The third-order valence-corrected chi connectivity index (χ3v) is 1.33. The van der Waals surface area contributed by atoms with E-state index in [1.165, 1.54) is 10.1 Å². The Labute approximate surface area is 72.2 Å². The molecule has 0 spiro atoms. The van der Waals surface area contributed by atoms with Crippen molar-refractivity contribution in [3.8, 4) is 0 Å². The molecule has 0 bridgehead atoms. The summed E-state index contributed by atoms with van der Waals surface area (Å²) >= 11 is 0. The van der Waals surface area contributed by atoms with Crippen LogP contribution in [0.4, 0.5) is 4.79 Å². The number of hydrogen-bond acceptors (Lipinski definition) is 5. The Hall–Kier alpha value is -0.850. The number of nitrogens with zero attached hydrogens (tertiary/aromatic N) is 2. The van der Waals surface area contributed by atoms with Crippen molar-refractivity contribution in [3.05, 3.63) is 0 Å². The van der Waals surface area contributed by atoms with Gasteiger partial charge in [-0.3, -0.25) is 5.84 Å². The summed E-state index contributed by atoms with van der Waals surface area (Å²) in [6.07, 6.45) is 0.372. The first-order valence-electron chi connectivity index (χ1n) is 3.73.